The van der Waals surface area contributed by atoms with Crippen molar-refractivity contribution in [3.63, 3.8) is 0 Å². The maximum absolute atomic E-state index is 13.7. The first-order chi connectivity index (χ1) is 12.8. The van der Waals surface area contributed by atoms with Crippen molar-refractivity contribution in [2.75, 3.05) is 7.11 Å². The van der Waals surface area contributed by atoms with Gasteiger partial charge in [-0.2, -0.15) is 0 Å². The van der Waals surface area contributed by atoms with Gasteiger partial charge >= 0.3 is 11.6 Å². The highest BCUT2D eigenvalue weighted by Gasteiger charge is 2.29. The molecule has 0 bridgehead atoms. The number of fused-ring (bicyclic) bond motifs is 1. The fourth-order valence-corrected chi connectivity index (χ4v) is 2.87. The lowest BCUT2D eigenvalue weighted by atomic mass is 9.88. The first-order valence-electron chi connectivity index (χ1n) is 7.79. The van der Waals surface area contributed by atoms with Gasteiger partial charge in [-0.05, 0) is 29.8 Å². The number of methoxy groups -OCH3 is 1. The summed E-state index contributed by atoms with van der Waals surface area (Å²) in [6, 6.07) is 7.39. The van der Waals surface area contributed by atoms with Crippen molar-refractivity contribution >= 4 is 16.9 Å². The number of hydrogen-bond donors (Lipinski definition) is 1. The molecular weight excluding hydrogens is 365 g/mol. The molecule has 1 unspecified atom stereocenters. The summed E-state index contributed by atoms with van der Waals surface area (Å²) in [6.07, 6.45) is -0.530. The van der Waals surface area contributed by atoms with Crippen LogP contribution in [0.15, 0.2) is 45.6 Å². The molecule has 0 aliphatic rings. The first kappa shape index (κ1) is 18.5. The third-order valence-electron chi connectivity index (χ3n) is 4.18. The van der Waals surface area contributed by atoms with Crippen LogP contribution in [0.3, 0.4) is 0 Å². The normalized spacial score (nSPS) is 12.1. The molecule has 0 aliphatic carbocycles. The Bertz CT molecular complexity index is 1070. The van der Waals surface area contributed by atoms with Gasteiger partial charge in [0.2, 0.25) is 0 Å². The van der Waals surface area contributed by atoms with Crippen molar-refractivity contribution < 1.29 is 32.2 Å². The highest BCUT2D eigenvalue weighted by Crippen LogP contribution is 2.37. The molecule has 140 valence electrons. The Kier molecular flexibility index (Phi) is 4.89. The predicted octanol–water partition coefficient (Wildman–Crippen LogP) is 3.61. The van der Waals surface area contributed by atoms with E-state index in [1.54, 1.807) is 12.1 Å². The summed E-state index contributed by atoms with van der Waals surface area (Å²) in [5, 5.41) is 10.7. The van der Waals surface area contributed by atoms with Crippen LogP contribution in [0.2, 0.25) is 0 Å². The molecule has 2 aromatic carbocycles. The highest BCUT2D eigenvalue weighted by atomic mass is 19.2. The highest BCUT2D eigenvalue weighted by molar-refractivity contribution is 5.84. The van der Waals surface area contributed by atoms with E-state index in [-0.39, 0.29) is 22.1 Å². The van der Waals surface area contributed by atoms with E-state index in [9.17, 15) is 27.9 Å². The molecule has 0 radical (unpaired) electrons. The molecule has 3 aromatic rings. The lowest BCUT2D eigenvalue weighted by Crippen LogP contribution is -2.18. The van der Waals surface area contributed by atoms with Gasteiger partial charge in [0.25, 0.3) is 0 Å². The zero-order valence-corrected chi connectivity index (χ0v) is 14.0. The van der Waals surface area contributed by atoms with E-state index in [1.807, 2.05) is 0 Å². The van der Waals surface area contributed by atoms with Crippen LogP contribution in [0.5, 0.6) is 5.75 Å². The van der Waals surface area contributed by atoms with Gasteiger partial charge in [0.15, 0.2) is 17.5 Å². The van der Waals surface area contributed by atoms with Gasteiger partial charge in [0.05, 0.1) is 24.5 Å². The molecule has 5 nitrogen and oxygen atoms in total. The summed E-state index contributed by atoms with van der Waals surface area (Å²) in [5.41, 5.74) is -1.51. The minimum absolute atomic E-state index is 0.0945. The molecule has 0 saturated carbocycles. The van der Waals surface area contributed by atoms with Crippen molar-refractivity contribution in [1.29, 1.82) is 0 Å². The molecule has 8 heteroatoms. The number of esters is 1. The molecule has 3 rings (SSSR count). The third kappa shape index (κ3) is 3.38. The number of halogens is 3. The Hall–Kier alpha value is -3.29. The second-order valence-electron chi connectivity index (χ2n) is 5.78. The summed E-state index contributed by atoms with van der Waals surface area (Å²) in [6.45, 7) is 0. The molecule has 0 amide bonds. The van der Waals surface area contributed by atoms with E-state index in [0.29, 0.717) is 12.1 Å². The summed E-state index contributed by atoms with van der Waals surface area (Å²) >= 11 is 0. The summed E-state index contributed by atoms with van der Waals surface area (Å²) in [7, 11) is 1.09. The van der Waals surface area contributed by atoms with E-state index in [0.717, 1.165) is 7.11 Å². The molecule has 1 N–H and O–H groups in total. The topological polar surface area (TPSA) is 76.7 Å². The molecule has 27 heavy (non-hydrogen) atoms. The summed E-state index contributed by atoms with van der Waals surface area (Å²) < 4.78 is 50.4. The Morgan fingerprint density at radius 1 is 1.19 bits per heavy atom. The molecule has 0 spiro atoms. The molecule has 0 saturated heterocycles. The van der Waals surface area contributed by atoms with E-state index in [4.69, 9.17) is 4.42 Å². The number of benzene rings is 2. The van der Waals surface area contributed by atoms with Crippen molar-refractivity contribution in [1.82, 2.24) is 0 Å². The monoisotopic (exact) mass is 378 g/mol. The number of ether oxygens (including phenoxy) is 1. The summed E-state index contributed by atoms with van der Waals surface area (Å²) in [5.74, 6) is -7.31. The van der Waals surface area contributed by atoms with E-state index >= 15 is 0 Å². The Morgan fingerprint density at radius 2 is 1.81 bits per heavy atom. The lowest BCUT2D eigenvalue weighted by Gasteiger charge is -2.18. The SMILES string of the molecule is COC(=O)CC(c1cc(F)c(F)c(F)c1)c1c(O)c2ccccc2oc1=O. The van der Waals surface area contributed by atoms with Crippen LogP contribution in [0.25, 0.3) is 11.0 Å². The standard InChI is InChI=1S/C19H13F3O5/c1-26-15(23)8-11(9-6-12(20)17(22)13(21)7-9)16-18(24)10-4-2-3-5-14(10)27-19(16)25/h2-7,11,24H,8H2,1H3. The van der Waals surface area contributed by atoms with Gasteiger partial charge in [0.1, 0.15) is 11.3 Å². The molecule has 1 aromatic heterocycles. The van der Waals surface area contributed by atoms with Crippen LogP contribution < -0.4 is 5.63 Å². The predicted molar refractivity (Wildman–Crippen MR) is 88.9 cm³/mol. The average Bonchev–Trinajstić information content (AvgIpc) is 2.64. The zero-order valence-electron chi connectivity index (χ0n) is 14.0. The molecular formula is C19H13F3O5. The maximum Gasteiger partial charge on any atom is 0.343 e. The van der Waals surface area contributed by atoms with Gasteiger partial charge in [0, 0.05) is 5.92 Å². The third-order valence-corrected chi connectivity index (χ3v) is 4.18. The number of carbonyl (C=O) groups excluding carboxylic acids is 1. The molecule has 0 aliphatic heterocycles. The lowest BCUT2D eigenvalue weighted by molar-refractivity contribution is -0.140. The van der Waals surface area contributed by atoms with Crippen LogP contribution in [-0.4, -0.2) is 18.2 Å². The quantitative estimate of drug-likeness (QED) is 0.426. The minimum Gasteiger partial charge on any atom is -0.507 e. The van der Waals surface area contributed by atoms with E-state index in [2.05, 4.69) is 4.74 Å². The molecule has 0 fully saturated rings. The van der Waals surface area contributed by atoms with Gasteiger partial charge < -0.3 is 14.3 Å². The fraction of sp³-hybridized carbons (Fsp3) is 0.158. The van der Waals surface area contributed by atoms with Crippen LogP contribution in [0.4, 0.5) is 13.2 Å². The largest absolute Gasteiger partial charge is 0.507 e. The van der Waals surface area contributed by atoms with Gasteiger partial charge in [-0.1, -0.05) is 12.1 Å². The van der Waals surface area contributed by atoms with Crippen molar-refractivity contribution in [3.05, 3.63) is 75.4 Å². The van der Waals surface area contributed by atoms with Crippen LogP contribution in [0, 0.1) is 17.5 Å². The Balaban J connectivity index is 2.28. The molecule has 1 heterocycles. The second-order valence-corrected chi connectivity index (χ2v) is 5.78. The van der Waals surface area contributed by atoms with Crippen molar-refractivity contribution in [2.24, 2.45) is 0 Å². The number of para-hydroxylation sites is 1. The summed E-state index contributed by atoms with van der Waals surface area (Å²) in [4.78, 5) is 24.2. The van der Waals surface area contributed by atoms with Gasteiger partial charge in [-0.15, -0.1) is 0 Å². The van der Waals surface area contributed by atoms with Gasteiger partial charge in [-0.3, -0.25) is 4.79 Å². The Morgan fingerprint density at radius 3 is 2.44 bits per heavy atom. The fourth-order valence-electron chi connectivity index (χ4n) is 2.87. The molecule has 1 atom stereocenters. The van der Waals surface area contributed by atoms with Gasteiger partial charge in [-0.25, -0.2) is 18.0 Å². The number of carbonyl (C=O) groups is 1. The zero-order chi connectivity index (χ0) is 19.7. The Labute approximate surface area is 150 Å². The van der Waals surface area contributed by atoms with Crippen molar-refractivity contribution in [3.8, 4) is 5.75 Å². The average molecular weight is 378 g/mol. The van der Waals surface area contributed by atoms with E-state index < -0.39 is 47.1 Å². The van der Waals surface area contributed by atoms with Crippen molar-refractivity contribution in [2.45, 2.75) is 12.3 Å². The first-order valence-corrected chi connectivity index (χ1v) is 7.79. The van der Waals surface area contributed by atoms with Crippen LogP contribution in [0.1, 0.15) is 23.5 Å². The maximum atomic E-state index is 13.7. The number of rotatable bonds is 4. The number of aromatic hydroxyl groups is 1. The van der Waals surface area contributed by atoms with E-state index in [1.165, 1.54) is 12.1 Å². The number of hydrogen-bond acceptors (Lipinski definition) is 5. The van der Waals surface area contributed by atoms with Crippen LogP contribution >= 0.6 is 0 Å². The second kappa shape index (κ2) is 7.14. The smallest absolute Gasteiger partial charge is 0.343 e. The minimum atomic E-state index is -1.69. The van der Waals surface area contributed by atoms with Crippen LogP contribution in [-0.2, 0) is 9.53 Å².